The lowest BCUT2D eigenvalue weighted by Crippen LogP contribution is -2.41. The summed E-state index contributed by atoms with van der Waals surface area (Å²) >= 11 is 2.87. The normalized spacial score (nSPS) is 13.9. The molecule has 2 aromatic carbocycles. The molecule has 3 aromatic rings. The molecule has 0 unspecified atom stereocenters. The van der Waals surface area contributed by atoms with E-state index in [1.165, 1.54) is 17.0 Å². The van der Waals surface area contributed by atoms with Crippen LogP contribution >= 0.6 is 15.9 Å². The van der Waals surface area contributed by atoms with Gasteiger partial charge in [0.1, 0.15) is 17.3 Å². The van der Waals surface area contributed by atoms with Crippen molar-refractivity contribution in [3.8, 4) is 11.5 Å². The van der Waals surface area contributed by atoms with Crippen molar-refractivity contribution in [2.24, 2.45) is 0 Å². The van der Waals surface area contributed by atoms with Gasteiger partial charge in [-0.25, -0.2) is 9.78 Å². The Labute approximate surface area is 231 Å². The van der Waals surface area contributed by atoms with Crippen LogP contribution in [0.2, 0.25) is 0 Å². The Morgan fingerprint density at radius 1 is 1.05 bits per heavy atom. The molecule has 0 saturated carbocycles. The van der Waals surface area contributed by atoms with Gasteiger partial charge in [-0.3, -0.25) is 14.6 Å². The molecular weight excluding hydrogens is 583 g/mol. The first kappa shape index (κ1) is 28.3. The van der Waals surface area contributed by atoms with Gasteiger partial charge in [-0.1, -0.05) is 15.9 Å². The zero-order chi connectivity index (χ0) is 27.8. The third-order valence-electron chi connectivity index (χ3n) is 5.78. The Balaban J connectivity index is 1.33. The molecule has 13 heteroatoms. The number of morpholine rings is 1. The van der Waals surface area contributed by atoms with E-state index >= 15 is 0 Å². The molecule has 1 aromatic heterocycles. The molecule has 0 spiro atoms. The minimum atomic E-state index is -4.56. The summed E-state index contributed by atoms with van der Waals surface area (Å²) in [7, 11) is 0. The average molecular weight is 608 g/mol. The highest BCUT2D eigenvalue weighted by atomic mass is 79.9. The second-order valence-corrected chi connectivity index (χ2v) is 9.35. The molecular formula is C26H25BrF3N5O4. The summed E-state index contributed by atoms with van der Waals surface area (Å²) in [6.45, 7) is 4.16. The number of hydrogen-bond donors (Lipinski definition) is 2. The number of urea groups is 1. The highest BCUT2D eigenvalue weighted by Gasteiger charge is 2.33. The van der Waals surface area contributed by atoms with Crippen LogP contribution in [0.1, 0.15) is 5.56 Å². The number of nitrogens with zero attached hydrogens (tertiary/aromatic N) is 3. The minimum absolute atomic E-state index is 0.00853. The van der Waals surface area contributed by atoms with Gasteiger partial charge in [-0.15, -0.1) is 0 Å². The van der Waals surface area contributed by atoms with Crippen molar-refractivity contribution in [3.63, 3.8) is 0 Å². The first-order valence-corrected chi connectivity index (χ1v) is 12.7. The van der Waals surface area contributed by atoms with Gasteiger partial charge in [0.25, 0.3) is 0 Å². The highest BCUT2D eigenvalue weighted by Crippen LogP contribution is 2.36. The van der Waals surface area contributed by atoms with Crippen molar-refractivity contribution in [2.45, 2.75) is 6.18 Å². The summed E-state index contributed by atoms with van der Waals surface area (Å²) in [4.78, 5) is 32.0. The lowest BCUT2D eigenvalue weighted by atomic mass is 10.2. The zero-order valence-electron chi connectivity index (χ0n) is 20.6. The van der Waals surface area contributed by atoms with Crippen molar-refractivity contribution in [1.82, 2.24) is 9.88 Å². The molecule has 9 nitrogen and oxygen atoms in total. The van der Waals surface area contributed by atoms with Crippen LogP contribution in [0.15, 0.2) is 65.3 Å². The van der Waals surface area contributed by atoms with E-state index in [9.17, 15) is 22.8 Å². The van der Waals surface area contributed by atoms with Gasteiger partial charge in [0.2, 0.25) is 6.41 Å². The standard InChI is InChI=1S/C26H25BrF3N5O4/c27-23-6-3-19(15-22(23)26(28,29)30)33-25(37)32-18-1-4-20(5-2-18)39-21-7-8-31-24(16-21)35(17-36)10-9-34-11-13-38-14-12-34/h1-8,15-17H,9-14H2,(H2,32,33,37). The molecule has 0 atom stereocenters. The number of nitrogens with one attached hydrogen (secondary N) is 2. The summed E-state index contributed by atoms with van der Waals surface area (Å²) in [5.41, 5.74) is -0.501. The minimum Gasteiger partial charge on any atom is -0.457 e. The van der Waals surface area contributed by atoms with Crippen molar-refractivity contribution in [3.05, 3.63) is 70.8 Å². The van der Waals surface area contributed by atoms with Crippen LogP contribution in [-0.2, 0) is 15.7 Å². The van der Waals surface area contributed by atoms with Crippen LogP contribution in [0.25, 0.3) is 0 Å². The molecule has 4 rings (SSSR count). The smallest absolute Gasteiger partial charge is 0.417 e. The lowest BCUT2D eigenvalue weighted by molar-refractivity contribution is -0.138. The van der Waals surface area contributed by atoms with E-state index in [1.54, 1.807) is 42.6 Å². The van der Waals surface area contributed by atoms with Crippen molar-refractivity contribution < 1.29 is 32.2 Å². The Kier molecular flexibility index (Phi) is 9.38. The van der Waals surface area contributed by atoms with E-state index < -0.39 is 17.8 Å². The molecule has 39 heavy (non-hydrogen) atoms. The lowest BCUT2D eigenvalue weighted by Gasteiger charge is -2.28. The van der Waals surface area contributed by atoms with Crippen molar-refractivity contribution in [2.75, 3.05) is 54.9 Å². The Morgan fingerprint density at radius 3 is 2.44 bits per heavy atom. The predicted molar refractivity (Wildman–Crippen MR) is 143 cm³/mol. The number of benzene rings is 2. The molecule has 1 aliphatic heterocycles. The van der Waals surface area contributed by atoms with Crippen LogP contribution in [0.3, 0.4) is 0 Å². The SMILES string of the molecule is O=CN(CCN1CCOCC1)c1cc(Oc2ccc(NC(=O)Nc3ccc(Br)c(C(F)(F)F)c3)cc2)ccn1. The molecule has 2 N–H and O–H groups in total. The number of halogens is 4. The molecule has 2 heterocycles. The van der Waals surface area contributed by atoms with Crippen LogP contribution in [0, 0.1) is 0 Å². The second kappa shape index (κ2) is 12.9. The number of alkyl halides is 3. The summed E-state index contributed by atoms with van der Waals surface area (Å²) in [5, 5.41) is 4.95. The molecule has 1 aliphatic rings. The second-order valence-electron chi connectivity index (χ2n) is 8.50. The van der Waals surface area contributed by atoms with E-state index in [2.05, 4.69) is 36.4 Å². The van der Waals surface area contributed by atoms with E-state index in [0.29, 0.717) is 49.3 Å². The third-order valence-corrected chi connectivity index (χ3v) is 6.47. The largest absolute Gasteiger partial charge is 0.457 e. The van der Waals surface area contributed by atoms with Gasteiger partial charge in [0.05, 0.1) is 18.8 Å². The third kappa shape index (κ3) is 8.15. The van der Waals surface area contributed by atoms with Gasteiger partial charge in [0.15, 0.2) is 0 Å². The maximum absolute atomic E-state index is 13.1. The number of pyridine rings is 1. The first-order chi connectivity index (χ1) is 18.7. The van der Waals surface area contributed by atoms with Gasteiger partial charge < -0.3 is 20.1 Å². The number of rotatable bonds is 9. The fourth-order valence-electron chi connectivity index (χ4n) is 3.77. The van der Waals surface area contributed by atoms with E-state index in [-0.39, 0.29) is 10.2 Å². The fraction of sp³-hybridized carbons (Fsp3) is 0.269. The van der Waals surface area contributed by atoms with E-state index in [0.717, 1.165) is 25.6 Å². The summed E-state index contributed by atoms with van der Waals surface area (Å²) in [6, 6.07) is 12.4. The van der Waals surface area contributed by atoms with Gasteiger partial charge in [0, 0.05) is 54.3 Å². The van der Waals surface area contributed by atoms with E-state index in [4.69, 9.17) is 9.47 Å². The number of amides is 3. The number of ether oxygens (including phenoxy) is 2. The summed E-state index contributed by atoms with van der Waals surface area (Å²) in [5.74, 6) is 1.38. The number of hydrogen-bond acceptors (Lipinski definition) is 6. The molecule has 1 saturated heterocycles. The molecule has 0 aliphatic carbocycles. The van der Waals surface area contributed by atoms with Gasteiger partial charge >= 0.3 is 12.2 Å². The van der Waals surface area contributed by atoms with Gasteiger partial charge in [-0.2, -0.15) is 13.2 Å². The molecule has 3 amide bonds. The Morgan fingerprint density at radius 2 is 1.74 bits per heavy atom. The Bertz CT molecular complexity index is 1290. The van der Waals surface area contributed by atoms with Gasteiger partial charge in [-0.05, 0) is 48.5 Å². The number of anilines is 3. The molecule has 206 valence electrons. The topological polar surface area (TPSA) is 96.0 Å². The van der Waals surface area contributed by atoms with Crippen molar-refractivity contribution >= 4 is 45.6 Å². The fourth-order valence-corrected chi connectivity index (χ4v) is 4.24. The highest BCUT2D eigenvalue weighted by molar-refractivity contribution is 9.10. The maximum atomic E-state index is 13.1. The number of aromatic nitrogens is 1. The summed E-state index contributed by atoms with van der Waals surface area (Å²) < 4.78 is 50.4. The number of carbonyl (C=O) groups excluding carboxylic acids is 2. The maximum Gasteiger partial charge on any atom is 0.417 e. The number of carbonyl (C=O) groups is 2. The monoisotopic (exact) mass is 607 g/mol. The first-order valence-electron chi connectivity index (χ1n) is 11.9. The van der Waals surface area contributed by atoms with E-state index in [1.807, 2.05) is 0 Å². The van der Waals surface area contributed by atoms with Crippen LogP contribution < -0.4 is 20.3 Å². The van der Waals surface area contributed by atoms with Crippen LogP contribution in [-0.4, -0.2) is 61.7 Å². The molecule has 1 fully saturated rings. The summed E-state index contributed by atoms with van der Waals surface area (Å²) in [6.07, 6.45) is -2.29. The zero-order valence-corrected chi connectivity index (χ0v) is 22.2. The molecule has 0 radical (unpaired) electrons. The average Bonchev–Trinajstić information content (AvgIpc) is 2.91. The Hall–Kier alpha value is -3.68. The molecule has 0 bridgehead atoms. The quantitative estimate of drug-likeness (QED) is 0.308. The van der Waals surface area contributed by atoms with Crippen LogP contribution in [0.4, 0.5) is 35.2 Å². The van der Waals surface area contributed by atoms with Crippen molar-refractivity contribution in [1.29, 1.82) is 0 Å². The van der Waals surface area contributed by atoms with Crippen LogP contribution in [0.5, 0.6) is 11.5 Å². The predicted octanol–water partition coefficient (Wildman–Crippen LogP) is 5.59.